The van der Waals surface area contributed by atoms with E-state index < -0.39 is 62.9 Å². The number of nitrogens with one attached hydrogen (secondary N) is 5. The molecule has 1 saturated heterocycles. The van der Waals surface area contributed by atoms with Crippen LogP contribution in [-0.4, -0.2) is 99.3 Å². The van der Waals surface area contributed by atoms with Gasteiger partial charge < -0.3 is 41.2 Å². The number of benzene rings is 3. The number of rotatable bonds is 22. The van der Waals surface area contributed by atoms with Crippen LogP contribution in [0.4, 0.5) is 30.5 Å². The molecule has 0 aliphatic carbocycles. The van der Waals surface area contributed by atoms with Crippen LogP contribution >= 0.6 is 11.3 Å². The van der Waals surface area contributed by atoms with E-state index in [0.717, 1.165) is 27.8 Å². The zero-order valence-electron chi connectivity index (χ0n) is 40.7. The molecule has 0 radical (unpaired) electrons. The molecule has 0 bridgehead atoms. The number of unbranched alkanes of at least 4 members (excludes halogenated alkanes) is 1. The Labute approximate surface area is 428 Å². The lowest BCUT2D eigenvalue weighted by Crippen LogP contribution is -2.57. The smallest absolute Gasteiger partial charge is 0.355 e. The van der Waals surface area contributed by atoms with Crippen molar-refractivity contribution in [2.45, 2.75) is 90.5 Å². The minimum atomic E-state index is -5.11. The molecule has 3 aromatic carbocycles. The molecule has 24 heteroatoms. The predicted molar refractivity (Wildman–Crippen MR) is 270 cm³/mol. The highest BCUT2D eigenvalue weighted by atomic mass is 32.2. The van der Waals surface area contributed by atoms with Crippen molar-refractivity contribution in [2.75, 3.05) is 23.2 Å². The molecule has 1 unspecified atom stereocenters. The molecule has 6 aromatic rings. The molecule has 74 heavy (non-hydrogen) atoms. The number of aromatic amines is 1. The second kappa shape index (κ2) is 23.5. The summed E-state index contributed by atoms with van der Waals surface area (Å²) in [5.41, 5.74) is 9.85. The van der Waals surface area contributed by atoms with Crippen LogP contribution in [0.15, 0.2) is 90.6 Å². The molecule has 0 saturated carbocycles. The van der Waals surface area contributed by atoms with E-state index in [4.69, 9.17) is 15.2 Å². The van der Waals surface area contributed by atoms with E-state index in [1.807, 2.05) is 52.0 Å². The van der Waals surface area contributed by atoms with Gasteiger partial charge in [0.15, 0.2) is 0 Å². The van der Waals surface area contributed by atoms with E-state index in [-0.39, 0.29) is 84.9 Å². The molecule has 1 aliphatic rings. The molecule has 4 amide bonds. The number of primary amides is 1. The number of thiazole rings is 1. The third-order valence-electron chi connectivity index (χ3n) is 11.8. The number of nitrogens with zero attached hydrogens (tertiary/aromatic N) is 4. The molecular formula is C50H55F3N10O9S2. The number of hydrogen-bond donors (Lipinski definition) is 7. The van der Waals surface area contributed by atoms with Gasteiger partial charge in [-0.15, -0.1) is 11.3 Å². The average Bonchev–Trinajstić information content (AvgIpc) is 4.10. The number of sulfonamides is 1. The summed E-state index contributed by atoms with van der Waals surface area (Å²) in [7, 11) is -5.11. The number of likely N-dealkylation sites (tertiary alicyclic amines) is 1. The zero-order chi connectivity index (χ0) is 53.3. The number of aliphatic hydroxyl groups is 1. The summed E-state index contributed by atoms with van der Waals surface area (Å²) in [5.74, 6) is -5.94. The van der Waals surface area contributed by atoms with Crippen LogP contribution in [-0.2, 0) is 37.6 Å². The Balaban J connectivity index is 0.900. The highest BCUT2D eigenvalue weighted by Gasteiger charge is 2.44. The monoisotopic (exact) mass is 1060 g/mol. The van der Waals surface area contributed by atoms with Gasteiger partial charge in [0.1, 0.15) is 58.9 Å². The van der Waals surface area contributed by atoms with Crippen LogP contribution in [0, 0.1) is 18.2 Å². The van der Waals surface area contributed by atoms with E-state index >= 15 is 0 Å². The van der Waals surface area contributed by atoms with Gasteiger partial charge in [-0.1, -0.05) is 63.2 Å². The van der Waals surface area contributed by atoms with Crippen LogP contribution in [0.2, 0.25) is 0 Å². The van der Waals surface area contributed by atoms with E-state index in [1.165, 1.54) is 47.5 Å². The second-order valence-corrected chi connectivity index (χ2v) is 21.0. The van der Waals surface area contributed by atoms with Crippen molar-refractivity contribution < 1.29 is 55.3 Å². The Bertz CT molecular complexity index is 3060. The zero-order valence-corrected chi connectivity index (χ0v) is 42.3. The summed E-state index contributed by atoms with van der Waals surface area (Å²) in [6.45, 7) is 7.57. The number of halogens is 3. The Morgan fingerprint density at radius 2 is 1.68 bits per heavy atom. The summed E-state index contributed by atoms with van der Waals surface area (Å²) in [4.78, 5) is 64.6. The first-order valence-electron chi connectivity index (χ1n) is 23.3. The summed E-state index contributed by atoms with van der Waals surface area (Å²) in [6.07, 6.45) is 1.53. The number of carbonyl (C=O) groups excluding carboxylic acids is 4. The lowest BCUT2D eigenvalue weighted by atomic mass is 9.85. The summed E-state index contributed by atoms with van der Waals surface area (Å²) < 4.78 is 77.6. The van der Waals surface area contributed by atoms with E-state index in [1.54, 1.807) is 33.7 Å². The lowest BCUT2D eigenvalue weighted by molar-refractivity contribution is -0.144. The Hall–Kier alpha value is -7.57. The lowest BCUT2D eigenvalue weighted by Gasteiger charge is -2.35. The molecule has 19 nitrogen and oxygen atoms in total. The normalized spacial score (nSPS) is 15.1. The SMILES string of the molecule is Cc1ncsc1-c1ccc(CNC(=O)[C@@H]2C[C@@H](O)CN2C(=O)C(NC(=O)CCCCOc2ccc(Nc3[nH]nc(-c4ccc(NS(=O)(=O)C(F)F)c(OCc5ccc(F)cc5)c4)c3C(N)=O)nc2)C(C)(C)C)cc1. The molecular weight excluding hydrogens is 1010 g/mol. The molecule has 0 spiro atoms. The van der Waals surface area contributed by atoms with Crippen LogP contribution < -0.4 is 35.9 Å². The highest BCUT2D eigenvalue weighted by Crippen LogP contribution is 2.36. The number of alkyl halides is 2. The maximum absolute atomic E-state index is 14.1. The third kappa shape index (κ3) is 13.7. The Kier molecular flexibility index (Phi) is 17.2. The summed E-state index contributed by atoms with van der Waals surface area (Å²) in [6, 6.07) is 18.0. The maximum atomic E-state index is 14.1. The van der Waals surface area contributed by atoms with Gasteiger partial charge in [0.25, 0.3) is 15.9 Å². The fraction of sp³-hybridized carbons (Fsp3) is 0.340. The minimum Gasteiger partial charge on any atom is -0.492 e. The van der Waals surface area contributed by atoms with E-state index in [9.17, 15) is 45.9 Å². The number of β-amino-alcohol motifs (C(OH)–C–C–N with tert-alkyl or cyclic N) is 1. The van der Waals surface area contributed by atoms with Crippen LogP contribution in [0.25, 0.3) is 21.7 Å². The van der Waals surface area contributed by atoms with Crippen LogP contribution in [0.3, 0.4) is 0 Å². The largest absolute Gasteiger partial charge is 0.492 e. The molecule has 1 fully saturated rings. The summed E-state index contributed by atoms with van der Waals surface area (Å²) >= 11 is 1.55. The van der Waals surface area contributed by atoms with Crippen molar-refractivity contribution >= 4 is 62.3 Å². The topological polar surface area (TPSA) is 273 Å². The van der Waals surface area contributed by atoms with E-state index in [0.29, 0.717) is 24.2 Å². The number of H-pyrrole nitrogens is 1. The number of ether oxygens (including phenoxy) is 2. The number of aliphatic hydroxyl groups excluding tert-OH is 1. The number of amides is 4. The number of pyridine rings is 1. The van der Waals surface area contributed by atoms with Gasteiger partial charge in [-0.05, 0) is 78.3 Å². The van der Waals surface area contributed by atoms with Gasteiger partial charge in [-0.2, -0.15) is 13.9 Å². The van der Waals surface area contributed by atoms with Crippen molar-refractivity contribution in [3.63, 3.8) is 0 Å². The van der Waals surface area contributed by atoms with Crippen molar-refractivity contribution in [1.29, 1.82) is 0 Å². The first-order valence-corrected chi connectivity index (χ1v) is 25.7. The first-order chi connectivity index (χ1) is 35.2. The molecule has 7 rings (SSSR count). The van der Waals surface area contributed by atoms with Crippen molar-refractivity contribution in [2.24, 2.45) is 11.1 Å². The number of hydrogen-bond acceptors (Lipinski definition) is 14. The molecule has 392 valence electrons. The Morgan fingerprint density at radius 1 is 0.959 bits per heavy atom. The number of nitrogens with two attached hydrogens (primary N) is 1. The van der Waals surface area contributed by atoms with Crippen LogP contribution in [0.1, 0.15) is 73.6 Å². The molecule has 4 heterocycles. The molecule has 3 aromatic heterocycles. The number of aromatic nitrogens is 4. The van der Waals surface area contributed by atoms with Gasteiger partial charge in [0.2, 0.25) is 17.7 Å². The van der Waals surface area contributed by atoms with E-state index in [2.05, 4.69) is 36.1 Å². The van der Waals surface area contributed by atoms with Gasteiger partial charge >= 0.3 is 5.76 Å². The fourth-order valence-corrected chi connectivity index (χ4v) is 9.33. The van der Waals surface area contributed by atoms with Gasteiger partial charge in [-0.25, -0.2) is 22.8 Å². The molecule has 8 N–H and O–H groups in total. The van der Waals surface area contributed by atoms with Crippen molar-refractivity contribution in [1.82, 2.24) is 35.7 Å². The second-order valence-electron chi connectivity index (χ2n) is 18.5. The highest BCUT2D eigenvalue weighted by molar-refractivity contribution is 7.93. The number of carbonyl (C=O) groups is 4. The number of anilines is 3. The standard InChI is InChI=1S/C50H55F3N10O9S2/c1-28-43(73-27-57-28)31-12-8-29(9-13-31)23-56-47(67)37-22-34(64)25-63(37)48(68)44(50(2,3)4)59-40(65)7-5-6-20-71-35-17-19-39(55-24-35)58-46-41(45(54)66)42(60-61-46)32-14-18-36(62-74(69,70)49(52)53)38(21-32)72-26-30-10-15-33(51)16-11-30/h8-19,21,24,27,34,37,44,49,62,64H,5-7,20,22-23,25-26H2,1-4H3,(H2,54,66)(H,56,67)(H,59,65)(H2,55,58,60,61)/t34-,37+,44?/m1/s1. The maximum Gasteiger partial charge on any atom is 0.355 e. The molecule has 3 atom stereocenters. The van der Waals surface area contributed by atoms with Gasteiger partial charge in [0, 0.05) is 31.5 Å². The fourth-order valence-electron chi connectivity index (χ4n) is 7.95. The number of aryl methyl sites for hydroxylation is 1. The first kappa shape index (κ1) is 54.2. The average molecular weight is 1060 g/mol. The summed E-state index contributed by atoms with van der Waals surface area (Å²) in [5, 5.41) is 26.2. The van der Waals surface area contributed by atoms with Crippen LogP contribution in [0.5, 0.6) is 11.5 Å². The predicted octanol–water partition coefficient (Wildman–Crippen LogP) is 6.79. The molecule has 1 aliphatic heterocycles. The van der Waals surface area contributed by atoms with Gasteiger partial charge in [0.05, 0.1) is 40.7 Å². The quantitative estimate of drug-likeness (QED) is 0.0346. The third-order valence-corrected chi connectivity index (χ3v) is 13.8. The minimum absolute atomic E-state index is 0.000980. The Morgan fingerprint density at radius 3 is 2.32 bits per heavy atom. The van der Waals surface area contributed by atoms with Gasteiger partial charge in [-0.3, -0.25) is 29.0 Å². The van der Waals surface area contributed by atoms with Crippen molar-refractivity contribution in [3.8, 4) is 33.2 Å². The van der Waals surface area contributed by atoms with Crippen molar-refractivity contribution in [3.05, 3.63) is 119 Å².